The Balaban J connectivity index is 1.13. The second-order valence-electron chi connectivity index (χ2n) is 12.8. The van der Waals surface area contributed by atoms with Crippen molar-refractivity contribution in [3.63, 3.8) is 0 Å². The number of urea groups is 1. The number of carbonyl (C=O) groups is 3. The number of nitrogens with zero attached hydrogens (tertiary/aromatic N) is 1. The Morgan fingerprint density at radius 2 is 1.62 bits per heavy atom. The predicted octanol–water partition coefficient (Wildman–Crippen LogP) is 8.32. The number of methoxy groups -OCH3 is 1. The molecule has 1 heterocycles. The van der Waals surface area contributed by atoms with Gasteiger partial charge in [0.15, 0.2) is 11.5 Å². The van der Waals surface area contributed by atoms with E-state index in [0.717, 1.165) is 28.2 Å². The maximum absolute atomic E-state index is 13.7. The van der Waals surface area contributed by atoms with Crippen LogP contribution in [0.3, 0.4) is 0 Å². The van der Waals surface area contributed by atoms with E-state index in [4.69, 9.17) is 32.7 Å². The third-order valence-electron chi connectivity index (χ3n) is 9.83. The van der Waals surface area contributed by atoms with Crippen molar-refractivity contribution in [1.29, 1.82) is 0 Å². The van der Waals surface area contributed by atoms with Crippen molar-refractivity contribution in [3.8, 4) is 11.5 Å². The van der Waals surface area contributed by atoms with Crippen LogP contribution < -0.4 is 19.7 Å². The molecular weight excluding hydrogens is 726 g/mol. The number of benzene rings is 3. The normalized spacial score (nSPS) is 26.4. The lowest BCUT2D eigenvalue weighted by atomic mass is 9.48. The molecular formula is C35H31Cl2IN2O5. The minimum atomic E-state index is -0.763. The summed E-state index contributed by atoms with van der Waals surface area (Å²) in [5, 5.41) is 3.35. The number of hydrogen-bond acceptors (Lipinski definition) is 5. The standard InChI is InChI=1S/C35H31Cl2IN2O5/c1-44-30-13-19(12-29(38)31(30)45-18-23-2-5-25(36)14-28(23)37)11-27-32(41)39-34(43)40(33(27)42)26-6-3-24(4-7-26)35-15-20-8-21(16-35)10-22(9-20)17-35/h2-7,11-14,20-22H,8-10,15-18H2,1H3,(H,39,41,43)/b27-11+. The van der Waals surface area contributed by atoms with E-state index in [9.17, 15) is 14.4 Å². The molecule has 1 aliphatic heterocycles. The molecule has 7 nitrogen and oxygen atoms in total. The molecule has 5 aliphatic rings. The van der Waals surface area contributed by atoms with Crippen LogP contribution >= 0.6 is 45.8 Å². The number of nitrogens with one attached hydrogen (secondary N) is 1. The number of carbonyl (C=O) groups excluding carboxylic acids is 3. The quantitative estimate of drug-likeness (QED) is 0.149. The summed E-state index contributed by atoms with van der Waals surface area (Å²) in [6.07, 6.45) is 9.23. The molecule has 8 rings (SSSR count). The molecule has 45 heavy (non-hydrogen) atoms. The first kappa shape index (κ1) is 30.6. The molecule has 4 aliphatic carbocycles. The van der Waals surface area contributed by atoms with E-state index in [1.54, 1.807) is 30.3 Å². The number of imide groups is 2. The van der Waals surface area contributed by atoms with Crippen LogP contribution in [0.2, 0.25) is 10.0 Å². The van der Waals surface area contributed by atoms with Gasteiger partial charge in [-0.25, -0.2) is 9.69 Å². The van der Waals surface area contributed by atoms with Gasteiger partial charge < -0.3 is 9.47 Å². The summed E-state index contributed by atoms with van der Waals surface area (Å²) in [4.78, 5) is 40.6. The fourth-order valence-corrected chi connectivity index (χ4v) is 9.48. The molecule has 0 aromatic heterocycles. The molecule has 1 saturated heterocycles. The molecule has 5 fully saturated rings. The minimum Gasteiger partial charge on any atom is -0.493 e. The highest BCUT2D eigenvalue weighted by atomic mass is 127. The van der Waals surface area contributed by atoms with Crippen LogP contribution in [0.5, 0.6) is 11.5 Å². The Bertz CT molecular complexity index is 1720. The number of anilines is 1. The lowest BCUT2D eigenvalue weighted by molar-refractivity contribution is -0.122. The van der Waals surface area contributed by atoms with Crippen LogP contribution in [0.25, 0.3) is 6.08 Å². The summed E-state index contributed by atoms with van der Waals surface area (Å²) < 4.78 is 12.3. The van der Waals surface area contributed by atoms with Gasteiger partial charge in [-0.2, -0.15) is 0 Å². The van der Waals surface area contributed by atoms with Gasteiger partial charge in [0, 0.05) is 15.6 Å². The van der Waals surface area contributed by atoms with Gasteiger partial charge in [-0.1, -0.05) is 41.4 Å². The minimum absolute atomic E-state index is 0.153. The van der Waals surface area contributed by atoms with Crippen LogP contribution in [-0.4, -0.2) is 25.0 Å². The number of ether oxygens (including phenoxy) is 2. The smallest absolute Gasteiger partial charge is 0.335 e. The molecule has 0 atom stereocenters. The lowest BCUT2D eigenvalue weighted by Crippen LogP contribution is -2.54. The van der Waals surface area contributed by atoms with E-state index in [0.29, 0.717) is 36.4 Å². The first-order valence-corrected chi connectivity index (χ1v) is 16.9. The SMILES string of the molecule is COc1cc(/C=C2\C(=O)NC(=O)N(c3ccc(C45CC6CC(CC(C6)C4)C5)cc3)C2=O)cc(I)c1OCc1ccc(Cl)cc1Cl. The maximum Gasteiger partial charge on any atom is 0.335 e. The van der Waals surface area contributed by atoms with Gasteiger partial charge in [-0.15, -0.1) is 0 Å². The summed E-state index contributed by atoms with van der Waals surface area (Å²) in [5.74, 6) is 1.91. The lowest BCUT2D eigenvalue weighted by Gasteiger charge is -2.57. The zero-order valence-electron chi connectivity index (χ0n) is 24.6. The van der Waals surface area contributed by atoms with Gasteiger partial charge in [0.1, 0.15) is 12.2 Å². The van der Waals surface area contributed by atoms with Crippen molar-refractivity contribution in [2.24, 2.45) is 17.8 Å². The van der Waals surface area contributed by atoms with Gasteiger partial charge in [0.25, 0.3) is 11.8 Å². The molecule has 0 unspecified atom stereocenters. The number of hydrogen-bond donors (Lipinski definition) is 1. The van der Waals surface area contributed by atoms with Crippen molar-refractivity contribution in [2.75, 3.05) is 12.0 Å². The molecule has 232 valence electrons. The Morgan fingerprint density at radius 3 is 2.24 bits per heavy atom. The highest BCUT2D eigenvalue weighted by molar-refractivity contribution is 14.1. The molecule has 10 heteroatoms. The van der Waals surface area contributed by atoms with Gasteiger partial charge in [0.2, 0.25) is 0 Å². The number of halogens is 3. The average molecular weight is 757 g/mol. The summed E-state index contributed by atoms with van der Waals surface area (Å²) in [7, 11) is 1.51. The second kappa shape index (κ2) is 11.9. The van der Waals surface area contributed by atoms with Crippen LogP contribution in [0, 0.1) is 21.3 Å². The fraction of sp³-hybridized carbons (Fsp3) is 0.343. The topological polar surface area (TPSA) is 84.9 Å². The molecule has 3 aromatic carbocycles. The van der Waals surface area contributed by atoms with Crippen LogP contribution in [-0.2, 0) is 21.6 Å². The van der Waals surface area contributed by atoms with E-state index < -0.39 is 17.8 Å². The second-order valence-corrected chi connectivity index (χ2v) is 14.8. The van der Waals surface area contributed by atoms with E-state index >= 15 is 0 Å². The molecule has 1 N–H and O–H groups in total. The third kappa shape index (κ3) is 5.74. The van der Waals surface area contributed by atoms with Crippen molar-refractivity contribution in [1.82, 2.24) is 5.32 Å². The van der Waals surface area contributed by atoms with Crippen molar-refractivity contribution in [3.05, 3.63) is 90.5 Å². The van der Waals surface area contributed by atoms with Crippen LogP contribution in [0.1, 0.15) is 55.2 Å². The Morgan fingerprint density at radius 1 is 0.956 bits per heavy atom. The molecule has 4 saturated carbocycles. The van der Waals surface area contributed by atoms with Crippen LogP contribution in [0.15, 0.2) is 60.2 Å². The van der Waals surface area contributed by atoms with Gasteiger partial charge in [0.05, 0.1) is 16.4 Å². The first-order valence-electron chi connectivity index (χ1n) is 15.1. The Hall–Kier alpha value is -3.08. The summed E-state index contributed by atoms with van der Waals surface area (Å²) in [6, 6.07) is 15.7. The van der Waals surface area contributed by atoms with Crippen molar-refractivity contribution in [2.45, 2.75) is 50.5 Å². The van der Waals surface area contributed by atoms with Gasteiger partial charge in [-0.05, 0) is 138 Å². The highest BCUT2D eigenvalue weighted by Gasteiger charge is 2.51. The molecule has 0 spiro atoms. The van der Waals surface area contributed by atoms with E-state index in [1.165, 1.54) is 57.3 Å². The molecule has 0 radical (unpaired) electrons. The Kier molecular flexibility index (Phi) is 8.11. The summed E-state index contributed by atoms with van der Waals surface area (Å²) in [6.45, 7) is 0.183. The largest absolute Gasteiger partial charge is 0.493 e. The fourth-order valence-electron chi connectivity index (χ4n) is 8.24. The Labute approximate surface area is 285 Å². The first-order chi connectivity index (χ1) is 21.6. The third-order valence-corrected chi connectivity index (χ3v) is 11.2. The molecule has 3 aromatic rings. The van der Waals surface area contributed by atoms with E-state index in [1.807, 2.05) is 12.1 Å². The predicted molar refractivity (Wildman–Crippen MR) is 182 cm³/mol. The van der Waals surface area contributed by atoms with Crippen molar-refractivity contribution >= 4 is 75.4 Å². The van der Waals surface area contributed by atoms with E-state index in [2.05, 4.69) is 40.0 Å². The van der Waals surface area contributed by atoms with Crippen molar-refractivity contribution < 1.29 is 23.9 Å². The molecule has 4 bridgehead atoms. The number of barbiturate groups is 1. The summed E-state index contributed by atoms with van der Waals surface area (Å²) in [5.41, 5.74) is 3.07. The maximum atomic E-state index is 13.7. The van der Waals surface area contributed by atoms with E-state index in [-0.39, 0.29) is 17.6 Å². The highest BCUT2D eigenvalue weighted by Crippen LogP contribution is 2.60. The summed E-state index contributed by atoms with van der Waals surface area (Å²) >= 11 is 14.4. The van der Waals surface area contributed by atoms with Crippen LogP contribution in [0.4, 0.5) is 10.5 Å². The molecule has 4 amide bonds. The average Bonchev–Trinajstić information content (AvgIpc) is 2.99. The monoisotopic (exact) mass is 756 g/mol. The number of amides is 4. The number of rotatable bonds is 7. The van der Waals surface area contributed by atoms with Gasteiger partial charge in [-0.3, -0.25) is 14.9 Å². The van der Waals surface area contributed by atoms with Gasteiger partial charge >= 0.3 is 6.03 Å². The zero-order chi connectivity index (χ0) is 31.5. The zero-order valence-corrected chi connectivity index (χ0v) is 28.2.